The Balaban J connectivity index is 2.28. The fraction of sp³-hybridized carbons (Fsp3) is 0.125. The molecule has 0 spiro atoms. The van der Waals surface area contributed by atoms with Gasteiger partial charge in [0.2, 0.25) is 0 Å². The molecule has 1 unspecified atom stereocenters. The molecule has 1 heterocycles. The van der Waals surface area contributed by atoms with Crippen LogP contribution in [0, 0.1) is 0 Å². The third kappa shape index (κ3) is 1.38. The lowest BCUT2D eigenvalue weighted by Gasteiger charge is -2.11. The van der Waals surface area contributed by atoms with E-state index in [1.165, 1.54) is 16.3 Å². The van der Waals surface area contributed by atoms with Crippen molar-refractivity contribution < 1.29 is 4.74 Å². The third-order valence-corrected chi connectivity index (χ3v) is 3.97. The normalized spacial score (nSPS) is 18.4. The predicted molar refractivity (Wildman–Crippen MR) is 75.2 cm³/mol. The van der Waals surface area contributed by atoms with Gasteiger partial charge in [0.15, 0.2) is 0 Å². The van der Waals surface area contributed by atoms with Crippen LogP contribution in [0.2, 0.25) is 5.02 Å². The fourth-order valence-electron chi connectivity index (χ4n) is 2.67. The minimum atomic E-state index is 0.233. The highest BCUT2D eigenvalue weighted by molar-refractivity contribution is 6.41. The Bertz CT molecular complexity index is 702. The van der Waals surface area contributed by atoms with Crippen LogP contribution in [-0.4, -0.2) is 6.61 Å². The monoisotopic (exact) mass is 254 g/mol. The molecule has 0 bridgehead atoms. The molecule has 1 fully saturated rings. The van der Waals surface area contributed by atoms with Gasteiger partial charge in [-0.25, -0.2) is 0 Å². The summed E-state index contributed by atoms with van der Waals surface area (Å²) in [5.41, 5.74) is 1.28. The highest BCUT2D eigenvalue weighted by Gasteiger charge is 2.29. The van der Waals surface area contributed by atoms with Crippen LogP contribution >= 0.6 is 11.6 Å². The van der Waals surface area contributed by atoms with E-state index in [9.17, 15) is 0 Å². The van der Waals surface area contributed by atoms with E-state index in [1.54, 1.807) is 0 Å². The summed E-state index contributed by atoms with van der Waals surface area (Å²) < 4.78 is 5.51. The van der Waals surface area contributed by atoms with E-state index < -0.39 is 0 Å². The maximum absolute atomic E-state index is 6.53. The molecule has 88 valence electrons. The van der Waals surface area contributed by atoms with Crippen molar-refractivity contribution in [2.24, 2.45) is 0 Å². The number of halogens is 1. The molecule has 0 aromatic heterocycles. The number of fused-ring (bicyclic) bond motifs is 2. The van der Waals surface area contributed by atoms with Crippen molar-refractivity contribution in [2.45, 2.75) is 6.10 Å². The first kappa shape index (κ1) is 10.4. The van der Waals surface area contributed by atoms with Crippen LogP contribution in [-0.2, 0) is 4.74 Å². The van der Waals surface area contributed by atoms with Crippen molar-refractivity contribution in [2.75, 3.05) is 6.61 Å². The molecule has 3 aromatic carbocycles. The van der Waals surface area contributed by atoms with Crippen molar-refractivity contribution in [1.29, 1.82) is 0 Å². The van der Waals surface area contributed by atoms with Crippen LogP contribution in [0.25, 0.3) is 21.5 Å². The first-order valence-corrected chi connectivity index (χ1v) is 6.44. The van der Waals surface area contributed by atoms with Gasteiger partial charge in [0.05, 0.1) is 11.6 Å². The molecular weight excluding hydrogens is 244 g/mol. The average Bonchev–Trinajstić information content (AvgIpc) is 3.24. The summed E-state index contributed by atoms with van der Waals surface area (Å²) in [6.45, 7) is 0.815. The molecule has 0 saturated carbocycles. The van der Waals surface area contributed by atoms with Crippen molar-refractivity contribution in [3.8, 4) is 0 Å². The highest BCUT2D eigenvalue weighted by Crippen LogP contribution is 2.43. The fourth-order valence-corrected chi connectivity index (χ4v) is 3.00. The van der Waals surface area contributed by atoms with Gasteiger partial charge in [-0.15, -0.1) is 0 Å². The molecule has 0 amide bonds. The minimum absolute atomic E-state index is 0.233. The van der Waals surface area contributed by atoms with Crippen molar-refractivity contribution in [3.63, 3.8) is 0 Å². The lowest BCUT2D eigenvalue weighted by molar-refractivity contribution is 0.418. The quantitative estimate of drug-likeness (QED) is 0.452. The van der Waals surface area contributed by atoms with Crippen LogP contribution in [0.5, 0.6) is 0 Å². The SMILES string of the molecule is Clc1c2ccccc2c(C2CO2)c2ccccc12. The van der Waals surface area contributed by atoms with E-state index in [1.807, 2.05) is 12.1 Å². The Kier molecular flexibility index (Phi) is 2.14. The largest absolute Gasteiger partial charge is 0.368 e. The average molecular weight is 255 g/mol. The van der Waals surface area contributed by atoms with Crippen molar-refractivity contribution in [1.82, 2.24) is 0 Å². The smallest absolute Gasteiger partial charge is 0.107 e. The Morgan fingerprint density at radius 3 is 1.72 bits per heavy atom. The van der Waals surface area contributed by atoms with E-state index in [4.69, 9.17) is 16.3 Å². The van der Waals surface area contributed by atoms with Gasteiger partial charge in [-0.1, -0.05) is 60.1 Å². The molecule has 4 rings (SSSR count). The molecule has 1 aliphatic heterocycles. The standard InChI is InChI=1S/C16H11ClO/c17-16-12-7-3-1-5-10(12)15(14-9-18-14)11-6-2-4-8-13(11)16/h1-8,14H,9H2. The molecule has 0 aliphatic carbocycles. The minimum Gasteiger partial charge on any atom is -0.368 e. The van der Waals surface area contributed by atoms with Gasteiger partial charge >= 0.3 is 0 Å². The lowest BCUT2D eigenvalue weighted by Crippen LogP contribution is -1.89. The van der Waals surface area contributed by atoms with Gasteiger partial charge in [-0.05, 0) is 16.3 Å². The Hall–Kier alpha value is -1.57. The van der Waals surface area contributed by atoms with Crippen molar-refractivity contribution in [3.05, 3.63) is 59.1 Å². The van der Waals surface area contributed by atoms with Crippen LogP contribution in [0.1, 0.15) is 11.7 Å². The second-order valence-corrected chi connectivity index (χ2v) is 5.02. The molecule has 18 heavy (non-hydrogen) atoms. The summed E-state index contributed by atoms with van der Waals surface area (Å²) in [6.07, 6.45) is 0.233. The van der Waals surface area contributed by atoms with Crippen LogP contribution in [0.4, 0.5) is 0 Å². The maximum Gasteiger partial charge on any atom is 0.107 e. The van der Waals surface area contributed by atoms with Crippen LogP contribution < -0.4 is 0 Å². The molecule has 2 heteroatoms. The molecule has 1 saturated heterocycles. The first-order valence-electron chi connectivity index (χ1n) is 6.06. The Morgan fingerprint density at radius 2 is 1.28 bits per heavy atom. The van der Waals surface area contributed by atoms with E-state index in [0.717, 1.165) is 22.4 Å². The Labute approximate surface area is 110 Å². The second kappa shape index (κ2) is 3.71. The summed E-state index contributed by atoms with van der Waals surface area (Å²) in [6, 6.07) is 16.6. The molecule has 0 N–H and O–H groups in total. The van der Waals surface area contributed by atoms with Gasteiger partial charge in [0.1, 0.15) is 6.10 Å². The van der Waals surface area contributed by atoms with E-state index >= 15 is 0 Å². The molecule has 0 radical (unpaired) electrons. The van der Waals surface area contributed by atoms with E-state index in [2.05, 4.69) is 36.4 Å². The zero-order valence-electron chi connectivity index (χ0n) is 9.69. The summed E-state index contributed by atoms with van der Waals surface area (Å²) >= 11 is 6.53. The number of ether oxygens (including phenoxy) is 1. The highest BCUT2D eigenvalue weighted by atomic mass is 35.5. The second-order valence-electron chi connectivity index (χ2n) is 4.64. The molecule has 1 aliphatic rings. The van der Waals surface area contributed by atoms with Gasteiger partial charge < -0.3 is 4.74 Å². The van der Waals surface area contributed by atoms with Gasteiger partial charge in [0, 0.05) is 10.8 Å². The third-order valence-electron chi connectivity index (χ3n) is 3.56. The number of hydrogen-bond acceptors (Lipinski definition) is 1. The molecule has 1 nitrogen and oxygen atoms in total. The maximum atomic E-state index is 6.53. The zero-order chi connectivity index (χ0) is 12.1. The summed E-state index contributed by atoms with van der Waals surface area (Å²) in [4.78, 5) is 0. The molecule has 3 aromatic rings. The number of rotatable bonds is 1. The van der Waals surface area contributed by atoms with Gasteiger partial charge in [-0.2, -0.15) is 0 Å². The van der Waals surface area contributed by atoms with Crippen molar-refractivity contribution >= 4 is 33.1 Å². The summed E-state index contributed by atoms with van der Waals surface area (Å²) in [5.74, 6) is 0. The molecule has 1 atom stereocenters. The molecular formula is C16H11ClO. The zero-order valence-corrected chi connectivity index (χ0v) is 10.4. The number of benzene rings is 3. The number of epoxide rings is 1. The van der Waals surface area contributed by atoms with Crippen LogP contribution in [0.3, 0.4) is 0 Å². The summed E-state index contributed by atoms with van der Waals surface area (Å²) in [5, 5.41) is 5.49. The van der Waals surface area contributed by atoms with E-state index in [0.29, 0.717) is 0 Å². The van der Waals surface area contributed by atoms with Gasteiger partial charge in [0.25, 0.3) is 0 Å². The predicted octanol–water partition coefficient (Wildman–Crippen LogP) is 4.72. The van der Waals surface area contributed by atoms with Gasteiger partial charge in [-0.3, -0.25) is 0 Å². The lowest BCUT2D eigenvalue weighted by atomic mass is 9.95. The van der Waals surface area contributed by atoms with Crippen LogP contribution in [0.15, 0.2) is 48.5 Å². The summed E-state index contributed by atoms with van der Waals surface area (Å²) in [7, 11) is 0. The van der Waals surface area contributed by atoms with E-state index in [-0.39, 0.29) is 6.10 Å². The first-order chi connectivity index (χ1) is 8.86. The topological polar surface area (TPSA) is 12.5 Å². The Morgan fingerprint density at radius 1 is 0.833 bits per heavy atom. The number of hydrogen-bond donors (Lipinski definition) is 0.